The van der Waals surface area contributed by atoms with Crippen LogP contribution in [0, 0.1) is 6.92 Å². The molecule has 1 amide bonds. The Hall–Kier alpha value is -3.40. The Labute approximate surface area is 184 Å². The molecule has 1 N–H and O–H groups in total. The van der Waals surface area contributed by atoms with Gasteiger partial charge in [-0.2, -0.15) is 0 Å². The topological polar surface area (TPSA) is 46.4 Å². The van der Waals surface area contributed by atoms with E-state index in [2.05, 4.69) is 37.4 Å². The van der Waals surface area contributed by atoms with E-state index >= 15 is 0 Å². The van der Waals surface area contributed by atoms with Crippen LogP contribution < -0.4 is 5.32 Å². The van der Waals surface area contributed by atoms with Crippen LogP contribution in [0.25, 0.3) is 16.9 Å². The number of hydrogen-bond acceptors (Lipinski definition) is 2. The molecule has 158 valence electrons. The van der Waals surface area contributed by atoms with Crippen LogP contribution in [0.4, 0.5) is 5.69 Å². The number of benzene rings is 2. The first-order chi connectivity index (χ1) is 15.1. The summed E-state index contributed by atoms with van der Waals surface area (Å²) in [6.45, 7) is 4.28. The normalized spacial score (nSPS) is 11.0. The smallest absolute Gasteiger partial charge is 0.255 e. The van der Waals surface area contributed by atoms with Gasteiger partial charge in [0.15, 0.2) is 0 Å². The summed E-state index contributed by atoms with van der Waals surface area (Å²) in [4.78, 5) is 17.5. The van der Waals surface area contributed by atoms with E-state index in [1.165, 1.54) is 31.2 Å². The number of imidazole rings is 1. The number of fused-ring (bicyclic) bond motifs is 1. The third-order valence-corrected chi connectivity index (χ3v) is 5.63. The maximum absolute atomic E-state index is 12.7. The van der Waals surface area contributed by atoms with Crippen LogP contribution >= 0.6 is 0 Å². The van der Waals surface area contributed by atoms with Crippen LogP contribution in [0.3, 0.4) is 0 Å². The molecule has 2 aromatic carbocycles. The molecule has 0 saturated heterocycles. The molecule has 0 atom stereocenters. The number of carbonyl (C=O) groups excluding carboxylic acids is 1. The number of hydrogen-bond donors (Lipinski definition) is 1. The second kappa shape index (κ2) is 9.61. The van der Waals surface area contributed by atoms with Gasteiger partial charge < -0.3 is 9.72 Å². The van der Waals surface area contributed by atoms with Crippen molar-refractivity contribution in [2.75, 3.05) is 5.32 Å². The second-order valence-corrected chi connectivity index (χ2v) is 8.09. The number of aromatic nitrogens is 2. The van der Waals surface area contributed by atoms with E-state index in [1.54, 1.807) is 0 Å². The van der Waals surface area contributed by atoms with E-state index in [9.17, 15) is 4.79 Å². The van der Waals surface area contributed by atoms with Crippen molar-refractivity contribution < 1.29 is 4.79 Å². The number of anilines is 1. The quantitative estimate of drug-likeness (QED) is 0.329. The van der Waals surface area contributed by atoms with Gasteiger partial charge >= 0.3 is 0 Å². The minimum atomic E-state index is -0.0967. The molecule has 0 bridgehead atoms. The molecule has 2 aromatic heterocycles. The van der Waals surface area contributed by atoms with Crippen molar-refractivity contribution in [2.24, 2.45) is 0 Å². The van der Waals surface area contributed by atoms with Crippen LogP contribution in [0.15, 0.2) is 73.1 Å². The van der Waals surface area contributed by atoms with Gasteiger partial charge in [-0.3, -0.25) is 4.79 Å². The highest BCUT2D eigenvalue weighted by molar-refractivity contribution is 6.04. The molecule has 0 aliphatic carbocycles. The molecule has 0 unspecified atom stereocenters. The summed E-state index contributed by atoms with van der Waals surface area (Å²) in [5.41, 5.74) is 6.66. The van der Waals surface area contributed by atoms with Crippen LogP contribution in [-0.2, 0) is 6.42 Å². The first kappa shape index (κ1) is 20.9. The third kappa shape index (κ3) is 5.02. The molecule has 4 nitrogen and oxygen atoms in total. The summed E-state index contributed by atoms with van der Waals surface area (Å²) in [6.07, 6.45) is 10.1. The van der Waals surface area contributed by atoms with Crippen LogP contribution in [-0.4, -0.2) is 15.3 Å². The molecule has 4 heteroatoms. The zero-order valence-corrected chi connectivity index (χ0v) is 18.3. The van der Waals surface area contributed by atoms with E-state index < -0.39 is 0 Å². The van der Waals surface area contributed by atoms with Crippen molar-refractivity contribution in [3.63, 3.8) is 0 Å². The predicted molar refractivity (Wildman–Crippen MR) is 128 cm³/mol. The molecule has 2 heterocycles. The Morgan fingerprint density at radius 2 is 1.84 bits per heavy atom. The number of pyridine rings is 1. The summed E-state index contributed by atoms with van der Waals surface area (Å²) in [5.74, 6) is -0.0967. The molecule has 0 aliphatic rings. The fraction of sp³-hybridized carbons (Fsp3) is 0.259. The minimum Gasteiger partial charge on any atom is -0.322 e. The Balaban J connectivity index is 1.44. The fourth-order valence-electron chi connectivity index (χ4n) is 3.83. The van der Waals surface area contributed by atoms with Gasteiger partial charge in [0, 0.05) is 29.2 Å². The summed E-state index contributed by atoms with van der Waals surface area (Å²) >= 11 is 0. The van der Waals surface area contributed by atoms with E-state index in [0.717, 1.165) is 34.6 Å². The maximum atomic E-state index is 12.7. The average Bonchev–Trinajstić information content (AvgIpc) is 3.23. The zero-order chi connectivity index (χ0) is 21.6. The highest BCUT2D eigenvalue weighted by Crippen LogP contribution is 2.24. The molecule has 0 fully saturated rings. The lowest BCUT2D eigenvalue weighted by Crippen LogP contribution is -2.11. The monoisotopic (exact) mass is 411 g/mol. The van der Waals surface area contributed by atoms with Crippen molar-refractivity contribution in [3.05, 3.63) is 89.7 Å². The van der Waals surface area contributed by atoms with Gasteiger partial charge in [-0.1, -0.05) is 56.5 Å². The molecule has 0 spiro atoms. The van der Waals surface area contributed by atoms with Crippen molar-refractivity contribution in [3.8, 4) is 11.3 Å². The van der Waals surface area contributed by atoms with Crippen molar-refractivity contribution >= 4 is 17.2 Å². The Kier molecular flexibility index (Phi) is 6.46. The van der Waals surface area contributed by atoms with Crippen molar-refractivity contribution in [1.29, 1.82) is 0 Å². The van der Waals surface area contributed by atoms with Gasteiger partial charge in [-0.05, 0) is 61.2 Å². The van der Waals surface area contributed by atoms with Gasteiger partial charge in [0.25, 0.3) is 5.91 Å². The van der Waals surface area contributed by atoms with Gasteiger partial charge in [-0.15, -0.1) is 0 Å². The molecule has 4 rings (SSSR count). The number of amides is 1. The van der Waals surface area contributed by atoms with E-state index in [-0.39, 0.29) is 5.91 Å². The molecule has 0 radical (unpaired) electrons. The molecule has 0 saturated carbocycles. The number of unbranched alkanes of at least 4 members (excludes halogenated alkanes) is 3. The van der Waals surface area contributed by atoms with E-state index in [0.29, 0.717) is 5.56 Å². The Bertz CT molecular complexity index is 1170. The van der Waals surface area contributed by atoms with Crippen LogP contribution in [0.2, 0.25) is 0 Å². The number of nitrogens with one attached hydrogen (secondary N) is 1. The highest BCUT2D eigenvalue weighted by Gasteiger charge is 2.09. The largest absolute Gasteiger partial charge is 0.322 e. The second-order valence-electron chi connectivity index (χ2n) is 8.09. The summed E-state index contributed by atoms with van der Waals surface area (Å²) < 4.78 is 2.03. The zero-order valence-electron chi connectivity index (χ0n) is 18.3. The number of carbonyl (C=O) groups is 1. The number of rotatable bonds is 8. The summed E-state index contributed by atoms with van der Waals surface area (Å²) in [7, 11) is 0. The minimum absolute atomic E-state index is 0.0967. The van der Waals surface area contributed by atoms with Crippen LogP contribution in [0.1, 0.15) is 54.1 Å². The summed E-state index contributed by atoms with van der Waals surface area (Å²) in [6, 6.07) is 19.9. The summed E-state index contributed by atoms with van der Waals surface area (Å²) in [5, 5.41) is 3.02. The predicted octanol–water partition coefficient (Wildman–Crippen LogP) is 6.68. The first-order valence-electron chi connectivity index (χ1n) is 11.1. The Morgan fingerprint density at radius 3 is 2.61 bits per heavy atom. The standard InChI is InChI=1S/C27H29N3O/c1-3-4-5-6-10-21-13-15-22(16-14-21)27(31)28-24-12-7-11-23(18-24)25-19-30-17-8-9-20(2)26(30)29-25/h7-9,11-19H,3-6,10H2,1-2H3,(H,28,31). The molecular weight excluding hydrogens is 382 g/mol. The fourth-order valence-corrected chi connectivity index (χ4v) is 3.83. The molecular formula is C27H29N3O. The SMILES string of the molecule is CCCCCCc1ccc(C(=O)Nc2cccc(-c3cn4cccc(C)c4n3)c2)cc1. The van der Waals surface area contributed by atoms with Crippen LogP contribution in [0.5, 0.6) is 0 Å². The van der Waals surface area contributed by atoms with E-state index in [1.807, 2.05) is 59.3 Å². The molecule has 4 aromatic rings. The first-order valence-corrected chi connectivity index (χ1v) is 11.1. The van der Waals surface area contributed by atoms with Gasteiger partial charge in [0.2, 0.25) is 0 Å². The number of nitrogens with zero attached hydrogens (tertiary/aromatic N) is 2. The lowest BCUT2D eigenvalue weighted by atomic mass is 10.0. The molecule has 31 heavy (non-hydrogen) atoms. The van der Waals surface area contributed by atoms with Gasteiger partial charge in [-0.25, -0.2) is 4.98 Å². The lowest BCUT2D eigenvalue weighted by Gasteiger charge is -2.08. The lowest BCUT2D eigenvalue weighted by molar-refractivity contribution is 0.102. The Morgan fingerprint density at radius 1 is 1.00 bits per heavy atom. The number of aryl methyl sites for hydroxylation is 2. The average molecular weight is 412 g/mol. The van der Waals surface area contributed by atoms with Gasteiger partial charge in [0.1, 0.15) is 5.65 Å². The van der Waals surface area contributed by atoms with E-state index in [4.69, 9.17) is 4.98 Å². The third-order valence-electron chi connectivity index (χ3n) is 5.63. The maximum Gasteiger partial charge on any atom is 0.255 e. The van der Waals surface area contributed by atoms with Crippen molar-refractivity contribution in [1.82, 2.24) is 9.38 Å². The van der Waals surface area contributed by atoms with Gasteiger partial charge in [0.05, 0.1) is 5.69 Å². The van der Waals surface area contributed by atoms with Crippen molar-refractivity contribution in [2.45, 2.75) is 46.0 Å². The molecule has 0 aliphatic heterocycles. The highest BCUT2D eigenvalue weighted by atomic mass is 16.1.